The summed E-state index contributed by atoms with van der Waals surface area (Å²) in [5.41, 5.74) is 0. The smallest absolute Gasteiger partial charge is 0.324 e. The molecule has 5 nitrogen and oxygen atoms in total. The average molecular weight is 330 g/mol. The van der Waals surface area contributed by atoms with E-state index in [-0.39, 0.29) is 12.1 Å². The van der Waals surface area contributed by atoms with Gasteiger partial charge in [-0.2, -0.15) is 0 Å². The van der Waals surface area contributed by atoms with Crippen molar-refractivity contribution in [3.05, 3.63) is 10.5 Å². The fourth-order valence-corrected chi connectivity index (χ4v) is 4.00. The first kappa shape index (κ1) is 15.1. The molecule has 21 heavy (non-hydrogen) atoms. The van der Waals surface area contributed by atoms with E-state index in [0.29, 0.717) is 22.1 Å². The summed E-state index contributed by atoms with van der Waals surface area (Å²) in [5, 5.41) is 3.45. The summed E-state index contributed by atoms with van der Waals surface area (Å²) < 4.78 is 6.06. The van der Waals surface area contributed by atoms with Gasteiger partial charge in [-0.1, -0.05) is 42.2 Å². The molecule has 1 aromatic heterocycles. The molecule has 3 rings (SSSR count). The summed E-state index contributed by atoms with van der Waals surface area (Å²) >= 11 is 7.16. The Hall–Kier alpha value is -0.850. The third-order valence-corrected chi connectivity index (χ3v) is 5.22. The molecule has 0 bridgehead atoms. The molecule has 2 amide bonds. The minimum absolute atomic E-state index is 0.0663. The minimum atomic E-state index is -0.0663. The molecule has 0 spiro atoms. The number of hydrogen-bond donors (Lipinski definition) is 1. The molecule has 1 aromatic rings. The topological polar surface area (TPSA) is 54.5 Å². The van der Waals surface area contributed by atoms with Crippen LogP contribution in [0.15, 0.2) is 6.20 Å². The van der Waals surface area contributed by atoms with Gasteiger partial charge in [0, 0.05) is 12.6 Å². The number of thiazole rings is 1. The zero-order valence-electron chi connectivity index (χ0n) is 11.9. The number of rotatable bonds is 3. The van der Waals surface area contributed by atoms with Gasteiger partial charge in [0.2, 0.25) is 0 Å². The van der Waals surface area contributed by atoms with Gasteiger partial charge in [-0.15, -0.1) is 0 Å². The lowest BCUT2D eigenvalue weighted by atomic mass is 9.93. The summed E-state index contributed by atoms with van der Waals surface area (Å²) in [6.07, 6.45) is 8.32. The lowest BCUT2D eigenvalue weighted by molar-refractivity contribution is 0.115. The minimum Gasteiger partial charge on any atom is -0.379 e. The number of amides is 2. The summed E-state index contributed by atoms with van der Waals surface area (Å²) in [6, 6.07) is 0.438. The first-order chi connectivity index (χ1) is 10.2. The van der Waals surface area contributed by atoms with Crippen molar-refractivity contribution in [2.24, 2.45) is 0 Å². The first-order valence-electron chi connectivity index (χ1n) is 7.52. The van der Waals surface area contributed by atoms with Crippen LogP contribution < -0.4 is 5.32 Å². The Kier molecular flexibility index (Phi) is 4.98. The predicted molar refractivity (Wildman–Crippen MR) is 84.1 cm³/mol. The van der Waals surface area contributed by atoms with Crippen LogP contribution in [0.2, 0.25) is 4.34 Å². The summed E-state index contributed by atoms with van der Waals surface area (Å²) in [5.74, 6) is 0. The van der Waals surface area contributed by atoms with E-state index in [2.05, 4.69) is 10.3 Å². The van der Waals surface area contributed by atoms with Crippen LogP contribution in [0.5, 0.6) is 0 Å². The van der Waals surface area contributed by atoms with Gasteiger partial charge in [-0.3, -0.25) is 5.32 Å². The molecule has 0 aromatic carbocycles. The molecule has 1 aliphatic carbocycles. The maximum absolute atomic E-state index is 12.7. The number of nitrogens with zero attached hydrogens (tertiary/aromatic N) is 2. The second kappa shape index (κ2) is 6.94. The number of aromatic nitrogens is 1. The molecular formula is C14H20ClN3O2S. The van der Waals surface area contributed by atoms with Gasteiger partial charge in [0.15, 0.2) is 5.13 Å². The number of nitrogens with one attached hydrogen (secondary N) is 1. The van der Waals surface area contributed by atoms with Gasteiger partial charge < -0.3 is 9.64 Å². The Morgan fingerprint density at radius 3 is 2.76 bits per heavy atom. The van der Waals surface area contributed by atoms with Crippen molar-refractivity contribution in [3.8, 4) is 0 Å². The van der Waals surface area contributed by atoms with Crippen LogP contribution in [0, 0.1) is 0 Å². The maximum atomic E-state index is 12.7. The highest BCUT2D eigenvalue weighted by molar-refractivity contribution is 7.19. The molecular weight excluding hydrogens is 310 g/mol. The predicted octanol–water partition coefficient (Wildman–Crippen LogP) is 3.75. The number of carbonyl (C=O) groups excluding carboxylic acids is 1. The Balaban J connectivity index is 1.71. The van der Waals surface area contributed by atoms with Crippen LogP contribution in [0.1, 0.15) is 38.5 Å². The van der Waals surface area contributed by atoms with Crippen LogP contribution in [0.3, 0.4) is 0 Å². The fourth-order valence-electron chi connectivity index (χ4n) is 3.20. The summed E-state index contributed by atoms with van der Waals surface area (Å²) in [6.45, 7) is 1.38. The number of anilines is 1. The van der Waals surface area contributed by atoms with Crippen LogP contribution in [0.4, 0.5) is 9.93 Å². The number of hydrogen-bond acceptors (Lipinski definition) is 4. The molecule has 2 aliphatic rings. The molecule has 1 saturated heterocycles. The van der Waals surface area contributed by atoms with E-state index < -0.39 is 0 Å². The fraction of sp³-hybridized carbons (Fsp3) is 0.714. The van der Waals surface area contributed by atoms with Crippen molar-refractivity contribution in [2.75, 3.05) is 18.5 Å². The van der Waals surface area contributed by atoms with Gasteiger partial charge in [0.25, 0.3) is 0 Å². The quantitative estimate of drug-likeness (QED) is 0.918. The highest BCUT2D eigenvalue weighted by Crippen LogP contribution is 2.28. The molecule has 2 fully saturated rings. The molecule has 7 heteroatoms. The van der Waals surface area contributed by atoms with E-state index >= 15 is 0 Å². The zero-order valence-corrected chi connectivity index (χ0v) is 13.5. The summed E-state index contributed by atoms with van der Waals surface area (Å²) in [4.78, 5) is 18.8. The number of urea groups is 1. The Labute approximate surface area is 133 Å². The Morgan fingerprint density at radius 1 is 1.33 bits per heavy atom. The molecule has 0 radical (unpaired) electrons. The normalized spacial score (nSPS) is 23.2. The molecule has 1 aliphatic heterocycles. The number of carbonyl (C=O) groups is 1. The maximum Gasteiger partial charge on any atom is 0.324 e. The highest BCUT2D eigenvalue weighted by atomic mass is 35.5. The number of ether oxygens (including phenoxy) is 1. The zero-order chi connectivity index (χ0) is 14.7. The lowest BCUT2D eigenvalue weighted by Gasteiger charge is -2.37. The van der Waals surface area contributed by atoms with E-state index in [0.717, 1.165) is 25.9 Å². The second-order valence-electron chi connectivity index (χ2n) is 5.62. The van der Waals surface area contributed by atoms with Gasteiger partial charge in [-0.05, 0) is 19.3 Å². The van der Waals surface area contributed by atoms with Crippen LogP contribution in [0.25, 0.3) is 0 Å². The van der Waals surface area contributed by atoms with Crippen LogP contribution in [-0.4, -0.2) is 41.2 Å². The number of halogens is 1. The lowest BCUT2D eigenvalue weighted by Crippen LogP contribution is -2.50. The highest BCUT2D eigenvalue weighted by Gasteiger charge is 2.34. The van der Waals surface area contributed by atoms with Crippen molar-refractivity contribution in [3.63, 3.8) is 0 Å². The molecule has 1 atom stereocenters. The monoisotopic (exact) mass is 329 g/mol. The molecule has 1 unspecified atom stereocenters. The molecule has 1 N–H and O–H groups in total. The standard InChI is InChI=1S/C14H20ClN3O2S/c15-12-8-16-13(21-12)17-14(19)18(11-6-7-20-9-11)10-4-2-1-3-5-10/h8,10-11H,1-7,9H2,(H,16,17,19). The van der Waals surface area contributed by atoms with Crippen molar-refractivity contribution >= 4 is 34.1 Å². The van der Waals surface area contributed by atoms with E-state index in [1.165, 1.54) is 30.6 Å². The van der Waals surface area contributed by atoms with Crippen molar-refractivity contribution < 1.29 is 9.53 Å². The van der Waals surface area contributed by atoms with Gasteiger partial charge in [0.05, 0.1) is 18.8 Å². The first-order valence-corrected chi connectivity index (χ1v) is 8.72. The van der Waals surface area contributed by atoms with E-state index in [9.17, 15) is 4.79 Å². The SMILES string of the molecule is O=C(Nc1ncc(Cl)s1)N(C1CCCCC1)C1CCOC1. The second-order valence-corrected chi connectivity index (χ2v) is 7.28. The van der Waals surface area contributed by atoms with Crippen molar-refractivity contribution in [1.29, 1.82) is 0 Å². The summed E-state index contributed by atoms with van der Waals surface area (Å²) in [7, 11) is 0. The van der Waals surface area contributed by atoms with Crippen molar-refractivity contribution in [1.82, 2.24) is 9.88 Å². The van der Waals surface area contributed by atoms with Gasteiger partial charge >= 0.3 is 6.03 Å². The van der Waals surface area contributed by atoms with Gasteiger partial charge in [0.1, 0.15) is 4.34 Å². The Morgan fingerprint density at radius 2 is 2.14 bits per heavy atom. The van der Waals surface area contributed by atoms with Crippen molar-refractivity contribution in [2.45, 2.75) is 50.6 Å². The largest absolute Gasteiger partial charge is 0.379 e. The third kappa shape index (κ3) is 3.67. The Bertz CT molecular complexity index is 484. The van der Waals surface area contributed by atoms with Crippen LogP contribution in [-0.2, 0) is 4.74 Å². The third-order valence-electron chi connectivity index (χ3n) is 4.19. The van der Waals surface area contributed by atoms with Gasteiger partial charge in [-0.25, -0.2) is 9.78 Å². The van der Waals surface area contributed by atoms with E-state index in [1.54, 1.807) is 6.20 Å². The molecule has 1 saturated carbocycles. The van der Waals surface area contributed by atoms with Crippen LogP contribution >= 0.6 is 22.9 Å². The average Bonchev–Trinajstić information content (AvgIpc) is 3.13. The molecule has 2 heterocycles. The van der Waals surface area contributed by atoms with E-state index in [4.69, 9.17) is 16.3 Å². The molecule has 116 valence electrons. The van der Waals surface area contributed by atoms with E-state index in [1.807, 2.05) is 4.90 Å².